The highest BCUT2D eigenvalue weighted by atomic mass is 16.7. The van der Waals surface area contributed by atoms with Gasteiger partial charge in [0.05, 0.1) is 11.8 Å². The molecule has 3 amide bonds. The van der Waals surface area contributed by atoms with Gasteiger partial charge >= 0.3 is 0 Å². The third-order valence-electron chi connectivity index (χ3n) is 4.83. The number of fused-ring (bicyclic) bond motifs is 2. The Kier molecular flexibility index (Phi) is 3.91. The zero-order valence-electron chi connectivity index (χ0n) is 13.6. The fraction of sp³-hybridized carbons (Fsp3) is 0.389. The Morgan fingerprint density at radius 1 is 1.08 bits per heavy atom. The number of rotatable bonds is 4. The van der Waals surface area contributed by atoms with Gasteiger partial charge in [-0.1, -0.05) is 18.2 Å². The number of nitrogens with one attached hydrogen (secondary N) is 1. The zero-order chi connectivity index (χ0) is 17.4. The van der Waals surface area contributed by atoms with Crippen LogP contribution in [0.2, 0.25) is 0 Å². The summed E-state index contributed by atoms with van der Waals surface area (Å²) in [7, 11) is 0. The quantitative estimate of drug-likeness (QED) is 0.651. The molecule has 0 spiro atoms. The molecule has 2 aliphatic heterocycles. The van der Waals surface area contributed by atoms with Crippen molar-refractivity contribution in [3.05, 3.63) is 35.9 Å². The van der Waals surface area contributed by atoms with Crippen LogP contribution in [0.25, 0.3) is 0 Å². The van der Waals surface area contributed by atoms with Crippen LogP contribution in [0.4, 0.5) is 0 Å². The number of imide groups is 1. The molecule has 2 atom stereocenters. The minimum absolute atomic E-state index is 0.196. The Balaban J connectivity index is 1.35. The molecule has 1 N–H and O–H groups in total. The van der Waals surface area contributed by atoms with Crippen LogP contribution in [-0.2, 0) is 20.9 Å². The fourth-order valence-corrected chi connectivity index (χ4v) is 3.48. The number of hydrogen-bond donors (Lipinski definition) is 1. The molecule has 1 aliphatic carbocycles. The summed E-state index contributed by atoms with van der Waals surface area (Å²) < 4.78 is 10.5. The van der Waals surface area contributed by atoms with Crippen LogP contribution in [0, 0.1) is 11.8 Å². The average Bonchev–Trinajstić information content (AvgIpc) is 3.19. The molecule has 0 bridgehead atoms. The second-order valence-corrected chi connectivity index (χ2v) is 6.38. The van der Waals surface area contributed by atoms with Crippen molar-refractivity contribution in [2.45, 2.75) is 19.4 Å². The first-order valence-corrected chi connectivity index (χ1v) is 8.29. The predicted molar refractivity (Wildman–Crippen MR) is 86.5 cm³/mol. The van der Waals surface area contributed by atoms with E-state index in [-0.39, 0.29) is 42.9 Å². The van der Waals surface area contributed by atoms with Crippen LogP contribution in [0.15, 0.2) is 30.4 Å². The molecule has 1 aromatic rings. The van der Waals surface area contributed by atoms with Crippen molar-refractivity contribution in [3.8, 4) is 11.5 Å². The maximum Gasteiger partial charge on any atom is 0.240 e. The van der Waals surface area contributed by atoms with E-state index in [2.05, 4.69) is 5.32 Å². The van der Waals surface area contributed by atoms with E-state index in [0.29, 0.717) is 30.9 Å². The van der Waals surface area contributed by atoms with E-state index >= 15 is 0 Å². The number of carbonyl (C=O) groups is 3. The molecule has 1 saturated heterocycles. The van der Waals surface area contributed by atoms with Gasteiger partial charge in [-0.15, -0.1) is 0 Å². The molecule has 0 saturated carbocycles. The van der Waals surface area contributed by atoms with E-state index in [4.69, 9.17) is 9.47 Å². The Hall–Kier alpha value is -2.83. The van der Waals surface area contributed by atoms with Gasteiger partial charge in [-0.2, -0.15) is 0 Å². The first-order valence-electron chi connectivity index (χ1n) is 8.29. The number of allylic oxidation sites excluding steroid dienone is 2. The summed E-state index contributed by atoms with van der Waals surface area (Å²) >= 11 is 0. The summed E-state index contributed by atoms with van der Waals surface area (Å²) in [5.74, 6) is -0.118. The van der Waals surface area contributed by atoms with Crippen LogP contribution in [-0.4, -0.2) is 36.0 Å². The van der Waals surface area contributed by atoms with Gasteiger partial charge < -0.3 is 14.8 Å². The minimum Gasteiger partial charge on any atom is -0.454 e. The van der Waals surface area contributed by atoms with Crippen LogP contribution in [0.3, 0.4) is 0 Å². The van der Waals surface area contributed by atoms with Gasteiger partial charge in [0.15, 0.2) is 11.5 Å². The van der Waals surface area contributed by atoms with Crippen LogP contribution >= 0.6 is 0 Å². The van der Waals surface area contributed by atoms with Gasteiger partial charge in [-0.25, -0.2) is 0 Å². The number of likely N-dealkylation sites (tertiary alicyclic amines) is 1. The Bertz CT molecular complexity index is 747. The molecule has 7 nitrogen and oxygen atoms in total. The molecule has 3 aliphatic rings. The van der Waals surface area contributed by atoms with Crippen LogP contribution in [0.1, 0.15) is 18.4 Å². The van der Waals surface area contributed by atoms with Gasteiger partial charge in [0.25, 0.3) is 0 Å². The average molecular weight is 342 g/mol. The fourth-order valence-electron chi connectivity index (χ4n) is 3.48. The number of ether oxygens (including phenoxy) is 2. The number of nitrogens with zero attached hydrogens (tertiary/aromatic N) is 1. The smallest absolute Gasteiger partial charge is 0.240 e. The number of carbonyl (C=O) groups excluding carboxylic acids is 3. The molecule has 130 valence electrons. The number of benzene rings is 1. The van der Waals surface area contributed by atoms with Crippen LogP contribution in [0.5, 0.6) is 11.5 Å². The third-order valence-corrected chi connectivity index (χ3v) is 4.83. The highest BCUT2D eigenvalue weighted by Gasteiger charge is 2.47. The molecular weight excluding hydrogens is 324 g/mol. The molecule has 25 heavy (non-hydrogen) atoms. The zero-order valence-corrected chi connectivity index (χ0v) is 13.6. The molecule has 1 fully saturated rings. The normalized spacial score (nSPS) is 23.8. The lowest BCUT2D eigenvalue weighted by Crippen LogP contribution is -2.40. The van der Waals surface area contributed by atoms with E-state index in [1.54, 1.807) is 12.1 Å². The van der Waals surface area contributed by atoms with Crippen molar-refractivity contribution >= 4 is 17.7 Å². The Morgan fingerprint density at radius 3 is 2.48 bits per heavy atom. The van der Waals surface area contributed by atoms with Crippen molar-refractivity contribution in [2.75, 3.05) is 13.3 Å². The lowest BCUT2D eigenvalue weighted by Gasteiger charge is -2.14. The van der Waals surface area contributed by atoms with Gasteiger partial charge in [-0.3, -0.25) is 19.3 Å². The molecular formula is C18H18N2O5. The SMILES string of the molecule is O=C(CN1C(=O)[C@H]2CC=CC[C@H]2C1=O)NCc1ccc2c(c1)OCO2. The summed E-state index contributed by atoms with van der Waals surface area (Å²) in [4.78, 5) is 38.0. The number of hydrogen-bond acceptors (Lipinski definition) is 5. The molecule has 0 radical (unpaired) electrons. The van der Waals surface area contributed by atoms with Crippen molar-refractivity contribution < 1.29 is 23.9 Å². The van der Waals surface area contributed by atoms with Gasteiger partial charge in [0.2, 0.25) is 24.5 Å². The first kappa shape index (κ1) is 15.7. The summed E-state index contributed by atoms with van der Waals surface area (Å²) in [6, 6.07) is 5.42. The van der Waals surface area contributed by atoms with Gasteiger partial charge in [0.1, 0.15) is 6.54 Å². The Labute approximate surface area is 144 Å². The summed E-state index contributed by atoms with van der Waals surface area (Å²) in [6.45, 7) is 0.261. The van der Waals surface area contributed by atoms with Crippen molar-refractivity contribution in [1.82, 2.24) is 10.2 Å². The Morgan fingerprint density at radius 2 is 1.76 bits per heavy atom. The monoisotopic (exact) mass is 342 g/mol. The van der Waals surface area contributed by atoms with E-state index in [0.717, 1.165) is 10.5 Å². The van der Waals surface area contributed by atoms with Crippen molar-refractivity contribution in [2.24, 2.45) is 11.8 Å². The second kappa shape index (κ2) is 6.23. The maximum atomic E-state index is 12.3. The van der Waals surface area contributed by atoms with E-state index < -0.39 is 0 Å². The summed E-state index contributed by atoms with van der Waals surface area (Å²) in [5, 5.41) is 2.74. The third kappa shape index (κ3) is 2.86. The largest absolute Gasteiger partial charge is 0.454 e. The summed E-state index contributed by atoms with van der Waals surface area (Å²) in [5.41, 5.74) is 0.856. The van der Waals surface area contributed by atoms with Gasteiger partial charge in [0, 0.05) is 6.54 Å². The second-order valence-electron chi connectivity index (χ2n) is 6.38. The molecule has 4 rings (SSSR count). The highest BCUT2D eigenvalue weighted by Crippen LogP contribution is 2.35. The maximum absolute atomic E-state index is 12.3. The molecule has 7 heteroatoms. The van der Waals surface area contributed by atoms with Crippen molar-refractivity contribution in [3.63, 3.8) is 0 Å². The highest BCUT2D eigenvalue weighted by molar-refractivity contribution is 6.07. The molecule has 0 unspecified atom stereocenters. The topological polar surface area (TPSA) is 84.9 Å². The van der Waals surface area contributed by atoms with Gasteiger partial charge in [-0.05, 0) is 30.5 Å². The lowest BCUT2D eigenvalue weighted by molar-refractivity contribution is -0.143. The predicted octanol–water partition coefficient (Wildman–Crippen LogP) is 0.983. The first-order chi connectivity index (χ1) is 12.1. The molecule has 2 heterocycles. The summed E-state index contributed by atoms with van der Waals surface area (Å²) in [6.07, 6.45) is 5.00. The molecule has 1 aromatic carbocycles. The minimum atomic E-state index is -0.356. The lowest BCUT2D eigenvalue weighted by atomic mass is 9.85. The standard InChI is InChI=1S/C18H18N2O5/c21-16(19-8-11-5-6-14-15(7-11)25-10-24-14)9-20-17(22)12-3-1-2-4-13(12)18(20)23/h1-2,5-7,12-13H,3-4,8-10H2,(H,19,21)/t12-,13+. The van der Waals surface area contributed by atoms with Crippen LogP contribution < -0.4 is 14.8 Å². The van der Waals surface area contributed by atoms with E-state index in [9.17, 15) is 14.4 Å². The molecule has 0 aromatic heterocycles. The van der Waals surface area contributed by atoms with E-state index in [1.807, 2.05) is 18.2 Å². The van der Waals surface area contributed by atoms with E-state index in [1.165, 1.54) is 0 Å². The number of amides is 3. The van der Waals surface area contributed by atoms with Crippen molar-refractivity contribution in [1.29, 1.82) is 0 Å².